The molecule has 1 nitrogen and oxygen atoms in total. The minimum absolute atomic E-state index is 0.169. The third kappa shape index (κ3) is 2.61. The Morgan fingerprint density at radius 2 is 1.40 bits per heavy atom. The molecular weight excluding hydrogens is 249 g/mol. The monoisotopic (exact) mass is 269 g/mol. The molecule has 20 heavy (non-hydrogen) atoms. The van der Waals surface area contributed by atoms with E-state index in [1.807, 2.05) is 42.5 Å². The van der Waals surface area contributed by atoms with Crippen molar-refractivity contribution < 1.29 is 4.39 Å². The van der Waals surface area contributed by atoms with Gasteiger partial charge in [-0.25, -0.2) is 4.39 Å². The van der Waals surface area contributed by atoms with Crippen molar-refractivity contribution in [2.45, 2.75) is 37.4 Å². The van der Waals surface area contributed by atoms with Gasteiger partial charge in [0.15, 0.2) is 0 Å². The Balaban J connectivity index is 1.83. The fraction of sp³-hybridized carbons (Fsp3) is 0.333. The summed E-state index contributed by atoms with van der Waals surface area (Å²) in [6, 6.07) is 18.2. The Hall–Kier alpha value is -1.67. The first-order valence-electron chi connectivity index (χ1n) is 7.28. The van der Waals surface area contributed by atoms with Gasteiger partial charge in [-0.3, -0.25) is 0 Å². The minimum Gasteiger partial charge on any atom is -0.328 e. The van der Waals surface area contributed by atoms with Gasteiger partial charge in [-0.15, -0.1) is 0 Å². The minimum atomic E-state index is -1.19. The Bertz CT molecular complexity index is 554. The topological polar surface area (TPSA) is 26.0 Å². The maximum Gasteiger partial charge on any atom is 0.136 e. The summed E-state index contributed by atoms with van der Waals surface area (Å²) in [4.78, 5) is 0. The van der Waals surface area contributed by atoms with Gasteiger partial charge in [-0.2, -0.15) is 0 Å². The number of nitrogens with two attached hydrogens (primary N) is 1. The van der Waals surface area contributed by atoms with Crippen molar-refractivity contribution in [1.82, 2.24) is 0 Å². The zero-order valence-corrected chi connectivity index (χ0v) is 11.6. The molecule has 0 amide bonds. The summed E-state index contributed by atoms with van der Waals surface area (Å²) in [5, 5.41) is 0. The summed E-state index contributed by atoms with van der Waals surface area (Å²) in [5.74, 6) is 0. The Morgan fingerprint density at radius 1 is 0.850 bits per heavy atom. The lowest BCUT2D eigenvalue weighted by Gasteiger charge is -2.33. The van der Waals surface area contributed by atoms with Gasteiger partial charge in [-0.1, -0.05) is 54.6 Å². The molecule has 0 spiro atoms. The maximum absolute atomic E-state index is 15.0. The van der Waals surface area contributed by atoms with Gasteiger partial charge in [-0.05, 0) is 42.4 Å². The first kappa shape index (κ1) is 13.3. The molecule has 3 rings (SSSR count). The van der Waals surface area contributed by atoms with Gasteiger partial charge in [0.2, 0.25) is 0 Å². The summed E-state index contributed by atoms with van der Waals surface area (Å²) in [6.45, 7) is 0. The maximum atomic E-state index is 15.0. The largest absolute Gasteiger partial charge is 0.328 e. The number of alkyl halides is 1. The van der Waals surface area contributed by atoms with Gasteiger partial charge in [0.25, 0.3) is 0 Å². The lowest BCUT2D eigenvalue weighted by Crippen LogP contribution is -2.33. The van der Waals surface area contributed by atoms with E-state index in [0.29, 0.717) is 12.8 Å². The van der Waals surface area contributed by atoms with Crippen molar-refractivity contribution in [2.75, 3.05) is 0 Å². The second kappa shape index (κ2) is 5.37. The molecule has 0 aliphatic heterocycles. The zero-order chi connectivity index (χ0) is 14.0. The molecule has 2 N–H and O–H groups in total. The second-order valence-electron chi connectivity index (χ2n) is 5.75. The predicted molar refractivity (Wildman–Crippen MR) is 81.1 cm³/mol. The summed E-state index contributed by atoms with van der Waals surface area (Å²) < 4.78 is 15.0. The Morgan fingerprint density at radius 3 is 2.00 bits per heavy atom. The van der Waals surface area contributed by atoms with Crippen LogP contribution in [-0.4, -0.2) is 6.04 Å². The molecule has 104 valence electrons. The SMILES string of the molecule is NC1CCC(F)(c2ccc(-c3ccccc3)cc2)CC1. The highest BCUT2D eigenvalue weighted by Crippen LogP contribution is 2.40. The van der Waals surface area contributed by atoms with Crippen molar-refractivity contribution >= 4 is 0 Å². The number of rotatable bonds is 2. The van der Waals surface area contributed by atoms with Gasteiger partial charge >= 0.3 is 0 Å². The third-order valence-electron chi connectivity index (χ3n) is 4.33. The molecule has 1 fully saturated rings. The molecule has 2 aromatic rings. The molecule has 0 atom stereocenters. The average molecular weight is 269 g/mol. The quantitative estimate of drug-likeness (QED) is 0.858. The molecule has 0 bridgehead atoms. The third-order valence-corrected chi connectivity index (χ3v) is 4.33. The van der Waals surface area contributed by atoms with Crippen LogP contribution in [0, 0.1) is 0 Å². The summed E-state index contributed by atoms with van der Waals surface area (Å²) in [7, 11) is 0. The lowest BCUT2D eigenvalue weighted by molar-refractivity contribution is 0.0979. The standard InChI is InChI=1S/C18H20FN/c19-18(12-10-17(20)11-13-18)16-8-6-15(7-9-16)14-4-2-1-3-5-14/h1-9,17H,10-13,20H2. The van der Waals surface area contributed by atoms with Crippen LogP contribution < -0.4 is 5.73 Å². The Kier molecular flexibility index (Phi) is 3.58. The van der Waals surface area contributed by atoms with Crippen LogP contribution in [0.15, 0.2) is 54.6 Å². The summed E-state index contributed by atoms with van der Waals surface area (Å²) in [5.41, 5.74) is 7.77. The van der Waals surface area contributed by atoms with Crippen molar-refractivity contribution in [3.05, 3.63) is 60.2 Å². The van der Waals surface area contributed by atoms with Crippen LogP contribution in [0.2, 0.25) is 0 Å². The number of halogens is 1. The van der Waals surface area contributed by atoms with Crippen molar-refractivity contribution in [2.24, 2.45) is 5.73 Å². The highest BCUT2D eigenvalue weighted by Gasteiger charge is 2.35. The summed E-state index contributed by atoms with van der Waals surface area (Å²) >= 11 is 0. The fourth-order valence-electron chi connectivity index (χ4n) is 2.98. The smallest absolute Gasteiger partial charge is 0.136 e. The molecule has 0 heterocycles. The van der Waals surface area contributed by atoms with Crippen molar-refractivity contribution in [3.63, 3.8) is 0 Å². The molecule has 1 aliphatic carbocycles. The molecule has 0 radical (unpaired) electrons. The van der Waals surface area contributed by atoms with E-state index in [9.17, 15) is 4.39 Å². The van der Waals surface area contributed by atoms with Crippen LogP contribution in [0.3, 0.4) is 0 Å². The number of hydrogen-bond acceptors (Lipinski definition) is 1. The van der Waals surface area contributed by atoms with Gasteiger partial charge in [0.05, 0.1) is 0 Å². The Labute approximate surface area is 119 Å². The lowest BCUT2D eigenvalue weighted by atomic mass is 9.79. The van der Waals surface area contributed by atoms with Crippen LogP contribution in [0.25, 0.3) is 11.1 Å². The predicted octanol–water partition coefficient (Wildman–Crippen LogP) is 4.42. The van der Waals surface area contributed by atoms with Gasteiger partial charge in [0, 0.05) is 6.04 Å². The van der Waals surface area contributed by atoms with Crippen LogP contribution in [0.1, 0.15) is 31.2 Å². The molecule has 2 heteroatoms. The van der Waals surface area contributed by atoms with Gasteiger partial charge in [0.1, 0.15) is 5.67 Å². The summed E-state index contributed by atoms with van der Waals surface area (Å²) in [6.07, 6.45) is 2.63. The second-order valence-corrected chi connectivity index (χ2v) is 5.75. The van der Waals surface area contributed by atoms with E-state index in [1.54, 1.807) is 0 Å². The highest BCUT2D eigenvalue weighted by atomic mass is 19.1. The first-order chi connectivity index (χ1) is 9.67. The fourth-order valence-corrected chi connectivity index (χ4v) is 2.98. The molecule has 2 aromatic carbocycles. The molecule has 1 aliphatic rings. The van der Waals surface area contributed by atoms with E-state index >= 15 is 0 Å². The van der Waals surface area contributed by atoms with Crippen LogP contribution in [-0.2, 0) is 5.67 Å². The van der Waals surface area contributed by atoms with Gasteiger partial charge < -0.3 is 5.73 Å². The molecule has 0 saturated heterocycles. The molecule has 0 aromatic heterocycles. The molecule has 1 saturated carbocycles. The van der Waals surface area contributed by atoms with Crippen LogP contribution >= 0.6 is 0 Å². The molecule has 0 unspecified atom stereocenters. The van der Waals surface area contributed by atoms with E-state index in [1.165, 1.54) is 0 Å². The number of hydrogen-bond donors (Lipinski definition) is 1. The van der Waals surface area contributed by atoms with Crippen molar-refractivity contribution in [1.29, 1.82) is 0 Å². The van der Waals surface area contributed by atoms with E-state index in [-0.39, 0.29) is 6.04 Å². The number of benzene rings is 2. The van der Waals surface area contributed by atoms with E-state index in [2.05, 4.69) is 12.1 Å². The highest BCUT2D eigenvalue weighted by molar-refractivity contribution is 5.63. The van der Waals surface area contributed by atoms with Crippen molar-refractivity contribution in [3.8, 4) is 11.1 Å². The van der Waals surface area contributed by atoms with Crippen LogP contribution in [0.5, 0.6) is 0 Å². The zero-order valence-electron chi connectivity index (χ0n) is 11.6. The molecular formula is C18H20FN. The van der Waals surface area contributed by atoms with Crippen LogP contribution in [0.4, 0.5) is 4.39 Å². The average Bonchev–Trinajstić information content (AvgIpc) is 2.52. The van der Waals surface area contributed by atoms with E-state index < -0.39 is 5.67 Å². The first-order valence-corrected chi connectivity index (χ1v) is 7.28. The van der Waals surface area contributed by atoms with E-state index in [0.717, 1.165) is 29.5 Å². The normalized spacial score (nSPS) is 26.4. The van der Waals surface area contributed by atoms with E-state index in [4.69, 9.17) is 5.73 Å².